The summed E-state index contributed by atoms with van der Waals surface area (Å²) in [4.78, 5) is 1.20. The van der Waals surface area contributed by atoms with Crippen molar-refractivity contribution in [3.63, 3.8) is 0 Å². The van der Waals surface area contributed by atoms with Crippen LogP contribution in [0.4, 0.5) is 0 Å². The molecular formula is C11H10OS. The minimum absolute atomic E-state index is 0.328. The van der Waals surface area contributed by atoms with E-state index in [0.29, 0.717) is 5.75 Å². The largest absolute Gasteiger partial charge is 0.508 e. The van der Waals surface area contributed by atoms with Gasteiger partial charge in [-0.1, -0.05) is 12.1 Å². The predicted octanol–water partition coefficient (Wildman–Crippen LogP) is 3.43. The molecule has 13 heavy (non-hydrogen) atoms. The number of thiophene rings is 1. The highest BCUT2D eigenvalue weighted by atomic mass is 32.1. The molecule has 0 atom stereocenters. The highest BCUT2D eigenvalue weighted by Gasteiger charge is 2.02. The molecule has 0 aliphatic rings. The van der Waals surface area contributed by atoms with E-state index in [1.165, 1.54) is 10.4 Å². The van der Waals surface area contributed by atoms with E-state index in [0.717, 1.165) is 5.56 Å². The second-order valence-electron chi connectivity index (χ2n) is 2.98. The molecule has 1 aromatic carbocycles. The van der Waals surface area contributed by atoms with Crippen molar-refractivity contribution in [3.05, 3.63) is 41.3 Å². The number of hydrogen-bond acceptors (Lipinski definition) is 2. The SMILES string of the molecule is Cc1ccc(O)cc1-c1cccs1. The molecule has 0 aliphatic carbocycles. The smallest absolute Gasteiger partial charge is 0.116 e. The summed E-state index contributed by atoms with van der Waals surface area (Å²) in [7, 11) is 0. The molecule has 0 saturated heterocycles. The lowest BCUT2D eigenvalue weighted by molar-refractivity contribution is 0.475. The Bertz CT molecular complexity index is 404. The number of aromatic hydroxyl groups is 1. The second kappa shape index (κ2) is 3.23. The Hall–Kier alpha value is -1.28. The van der Waals surface area contributed by atoms with Crippen LogP contribution in [0.1, 0.15) is 5.56 Å². The number of phenols is 1. The van der Waals surface area contributed by atoms with Gasteiger partial charge in [-0.05, 0) is 41.6 Å². The predicted molar refractivity (Wildman–Crippen MR) is 56.2 cm³/mol. The van der Waals surface area contributed by atoms with Gasteiger partial charge >= 0.3 is 0 Å². The van der Waals surface area contributed by atoms with Crippen molar-refractivity contribution < 1.29 is 5.11 Å². The van der Waals surface area contributed by atoms with E-state index in [2.05, 4.69) is 13.0 Å². The van der Waals surface area contributed by atoms with E-state index in [4.69, 9.17) is 0 Å². The Labute approximate surface area is 81.3 Å². The zero-order chi connectivity index (χ0) is 9.26. The van der Waals surface area contributed by atoms with Crippen molar-refractivity contribution in [3.8, 4) is 16.2 Å². The first-order valence-electron chi connectivity index (χ1n) is 4.11. The van der Waals surface area contributed by atoms with E-state index in [9.17, 15) is 5.11 Å². The van der Waals surface area contributed by atoms with Crippen LogP contribution in [-0.4, -0.2) is 5.11 Å². The van der Waals surface area contributed by atoms with E-state index in [-0.39, 0.29) is 0 Å². The van der Waals surface area contributed by atoms with Gasteiger partial charge in [0, 0.05) is 4.88 Å². The molecule has 0 radical (unpaired) electrons. The quantitative estimate of drug-likeness (QED) is 0.730. The Balaban J connectivity index is 2.57. The van der Waals surface area contributed by atoms with Crippen molar-refractivity contribution in [2.45, 2.75) is 6.92 Å². The summed E-state index contributed by atoms with van der Waals surface area (Å²) in [5.41, 5.74) is 2.32. The van der Waals surface area contributed by atoms with Crippen molar-refractivity contribution in [1.29, 1.82) is 0 Å². The number of rotatable bonds is 1. The monoisotopic (exact) mass is 190 g/mol. The van der Waals surface area contributed by atoms with Gasteiger partial charge in [-0.3, -0.25) is 0 Å². The zero-order valence-corrected chi connectivity index (χ0v) is 8.14. The molecule has 0 spiro atoms. The zero-order valence-electron chi connectivity index (χ0n) is 7.32. The van der Waals surface area contributed by atoms with Crippen LogP contribution in [0.5, 0.6) is 5.75 Å². The van der Waals surface area contributed by atoms with E-state index in [1.54, 1.807) is 23.5 Å². The maximum absolute atomic E-state index is 9.34. The summed E-state index contributed by atoms with van der Waals surface area (Å²) >= 11 is 1.69. The van der Waals surface area contributed by atoms with Crippen molar-refractivity contribution in [2.75, 3.05) is 0 Å². The molecule has 0 aliphatic heterocycles. The number of aryl methyl sites for hydroxylation is 1. The first-order valence-corrected chi connectivity index (χ1v) is 4.99. The third kappa shape index (κ3) is 1.58. The molecule has 0 unspecified atom stereocenters. The van der Waals surface area contributed by atoms with Crippen LogP contribution in [0.15, 0.2) is 35.7 Å². The second-order valence-corrected chi connectivity index (χ2v) is 3.92. The molecule has 0 amide bonds. The molecule has 1 N–H and O–H groups in total. The summed E-state index contributed by atoms with van der Waals surface area (Å²) < 4.78 is 0. The summed E-state index contributed by atoms with van der Waals surface area (Å²) in [5.74, 6) is 0.328. The number of hydrogen-bond donors (Lipinski definition) is 1. The van der Waals surface area contributed by atoms with Gasteiger partial charge in [-0.25, -0.2) is 0 Å². The molecule has 0 fully saturated rings. The van der Waals surface area contributed by atoms with Crippen molar-refractivity contribution >= 4 is 11.3 Å². The van der Waals surface area contributed by atoms with E-state index >= 15 is 0 Å². The van der Waals surface area contributed by atoms with Gasteiger partial charge in [-0.2, -0.15) is 0 Å². The van der Waals surface area contributed by atoms with Gasteiger partial charge in [0.15, 0.2) is 0 Å². The Morgan fingerprint density at radius 2 is 2.08 bits per heavy atom. The van der Waals surface area contributed by atoms with Crippen molar-refractivity contribution in [1.82, 2.24) is 0 Å². The molecule has 2 aromatic rings. The lowest BCUT2D eigenvalue weighted by Crippen LogP contribution is -1.78. The van der Waals surface area contributed by atoms with Crippen LogP contribution in [0.2, 0.25) is 0 Å². The lowest BCUT2D eigenvalue weighted by Gasteiger charge is -2.02. The molecule has 2 rings (SSSR count). The first-order chi connectivity index (χ1) is 6.27. The molecule has 1 nitrogen and oxygen atoms in total. The standard InChI is InChI=1S/C11H10OS/c1-8-4-5-9(12)7-10(8)11-3-2-6-13-11/h2-7,12H,1H3. The number of benzene rings is 1. The fourth-order valence-electron chi connectivity index (χ4n) is 1.31. The maximum Gasteiger partial charge on any atom is 0.116 e. The molecule has 1 aromatic heterocycles. The summed E-state index contributed by atoms with van der Waals surface area (Å²) in [6, 6.07) is 9.54. The van der Waals surface area contributed by atoms with E-state index < -0.39 is 0 Å². The third-order valence-corrected chi connectivity index (χ3v) is 2.91. The van der Waals surface area contributed by atoms with Gasteiger partial charge < -0.3 is 5.11 Å². The van der Waals surface area contributed by atoms with Crippen LogP contribution in [-0.2, 0) is 0 Å². The lowest BCUT2D eigenvalue weighted by atomic mass is 10.1. The minimum Gasteiger partial charge on any atom is -0.508 e. The van der Waals surface area contributed by atoms with Gasteiger partial charge in [0.05, 0.1) is 0 Å². The first kappa shape index (κ1) is 8.32. The van der Waals surface area contributed by atoms with Crippen LogP contribution in [0.25, 0.3) is 10.4 Å². The average Bonchev–Trinajstić information content (AvgIpc) is 2.61. The van der Waals surface area contributed by atoms with Crippen molar-refractivity contribution in [2.24, 2.45) is 0 Å². The Morgan fingerprint density at radius 3 is 2.77 bits per heavy atom. The summed E-state index contributed by atoms with van der Waals surface area (Å²) in [6.45, 7) is 2.05. The molecular weight excluding hydrogens is 180 g/mol. The molecule has 2 heteroatoms. The van der Waals surface area contributed by atoms with Gasteiger partial charge in [0.1, 0.15) is 5.75 Å². The highest BCUT2D eigenvalue weighted by molar-refractivity contribution is 7.13. The normalized spacial score (nSPS) is 10.2. The highest BCUT2D eigenvalue weighted by Crippen LogP contribution is 2.30. The summed E-state index contributed by atoms with van der Waals surface area (Å²) in [5, 5.41) is 11.4. The van der Waals surface area contributed by atoms with Crippen LogP contribution < -0.4 is 0 Å². The fraction of sp³-hybridized carbons (Fsp3) is 0.0909. The minimum atomic E-state index is 0.328. The van der Waals surface area contributed by atoms with Crippen LogP contribution in [0.3, 0.4) is 0 Å². The Kier molecular flexibility index (Phi) is 2.07. The topological polar surface area (TPSA) is 20.2 Å². The third-order valence-electron chi connectivity index (χ3n) is 2.01. The molecule has 0 saturated carbocycles. The van der Waals surface area contributed by atoms with Gasteiger partial charge in [0.2, 0.25) is 0 Å². The Morgan fingerprint density at radius 1 is 1.23 bits per heavy atom. The van der Waals surface area contributed by atoms with Crippen LogP contribution >= 0.6 is 11.3 Å². The van der Waals surface area contributed by atoms with Gasteiger partial charge in [0.25, 0.3) is 0 Å². The summed E-state index contributed by atoms with van der Waals surface area (Å²) in [6.07, 6.45) is 0. The van der Waals surface area contributed by atoms with E-state index in [1.807, 2.05) is 17.5 Å². The van der Waals surface area contributed by atoms with Gasteiger partial charge in [-0.15, -0.1) is 11.3 Å². The maximum atomic E-state index is 9.34. The van der Waals surface area contributed by atoms with Crippen LogP contribution in [0, 0.1) is 6.92 Å². The molecule has 0 bridgehead atoms. The molecule has 66 valence electrons. The average molecular weight is 190 g/mol. The molecule has 1 heterocycles. The number of phenolic OH excluding ortho intramolecular Hbond substituents is 1. The fourth-order valence-corrected chi connectivity index (χ4v) is 2.12.